The van der Waals surface area contributed by atoms with E-state index in [1.54, 1.807) is 0 Å². The first-order chi connectivity index (χ1) is 8.19. The Hall–Kier alpha value is -0.0500. The third-order valence-corrected chi connectivity index (χ3v) is 5.44. The number of nitrogens with one attached hydrogen (secondary N) is 1. The first kappa shape index (κ1) is 15.0. The normalized spacial score (nSPS) is 12.0. The summed E-state index contributed by atoms with van der Waals surface area (Å²) >= 11 is 8.01. The minimum absolute atomic E-state index is 0.270. The Morgan fingerprint density at radius 2 is 1.82 bits per heavy atom. The summed E-state index contributed by atoms with van der Waals surface area (Å²) in [6, 6.07) is 4.47. The van der Waals surface area contributed by atoms with E-state index in [1.807, 2.05) is 11.3 Å². The molecule has 0 aliphatic rings. The Balaban J connectivity index is 2.40. The quantitative estimate of drug-likeness (QED) is 0.690. The van der Waals surface area contributed by atoms with Crippen molar-refractivity contribution in [2.75, 3.05) is 12.4 Å². The molecule has 0 bridgehead atoms. The fraction of sp³-hybridized carbons (Fsp3) is 0.714. The van der Waals surface area contributed by atoms with Gasteiger partial charge in [0.05, 0.1) is 0 Å². The van der Waals surface area contributed by atoms with E-state index in [2.05, 4.69) is 38.2 Å². The van der Waals surface area contributed by atoms with Crippen LogP contribution in [0.25, 0.3) is 0 Å². The van der Waals surface area contributed by atoms with Gasteiger partial charge in [0.15, 0.2) is 0 Å². The molecule has 1 heterocycles. The highest BCUT2D eigenvalue weighted by Gasteiger charge is 2.24. The van der Waals surface area contributed by atoms with Gasteiger partial charge in [-0.25, -0.2) is 0 Å². The Labute approximate surface area is 115 Å². The molecule has 0 aliphatic carbocycles. The van der Waals surface area contributed by atoms with E-state index < -0.39 is 0 Å². The lowest BCUT2D eigenvalue weighted by Crippen LogP contribution is -2.34. The highest BCUT2D eigenvalue weighted by atomic mass is 35.5. The molecule has 1 aromatic rings. The predicted octanol–water partition coefficient (Wildman–Crippen LogP) is 4.45. The van der Waals surface area contributed by atoms with Gasteiger partial charge in [-0.1, -0.05) is 20.8 Å². The first-order valence-corrected chi connectivity index (χ1v) is 7.89. The molecule has 0 saturated heterocycles. The number of thiophene rings is 1. The second kappa shape index (κ2) is 7.40. The van der Waals surface area contributed by atoms with Crippen LogP contribution < -0.4 is 5.32 Å². The van der Waals surface area contributed by atoms with Crippen LogP contribution in [0.4, 0.5) is 0 Å². The molecule has 1 nitrogen and oxygen atoms in total. The molecule has 98 valence electrons. The SMILES string of the molecule is CCc1ccc(CNCC(CC)(CC)CCl)s1. The Morgan fingerprint density at radius 1 is 1.18 bits per heavy atom. The third kappa shape index (κ3) is 4.27. The van der Waals surface area contributed by atoms with Crippen LogP contribution in [-0.4, -0.2) is 12.4 Å². The molecule has 0 fully saturated rings. The number of hydrogen-bond donors (Lipinski definition) is 1. The summed E-state index contributed by atoms with van der Waals surface area (Å²) in [4.78, 5) is 2.90. The van der Waals surface area contributed by atoms with Gasteiger partial charge in [0.1, 0.15) is 0 Å². The lowest BCUT2D eigenvalue weighted by atomic mass is 9.84. The van der Waals surface area contributed by atoms with Gasteiger partial charge < -0.3 is 5.32 Å². The molecular weight excluding hydrogens is 250 g/mol. The van der Waals surface area contributed by atoms with Crippen LogP contribution in [0.2, 0.25) is 0 Å². The minimum atomic E-state index is 0.270. The van der Waals surface area contributed by atoms with Crippen molar-refractivity contribution in [2.45, 2.75) is 46.6 Å². The van der Waals surface area contributed by atoms with Crippen LogP contribution in [0.1, 0.15) is 43.4 Å². The molecular formula is C14H24ClNS. The molecule has 1 aromatic heterocycles. The summed E-state index contributed by atoms with van der Waals surface area (Å²) in [5, 5.41) is 3.56. The highest BCUT2D eigenvalue weighted by molar-refractivity contribution is 7.11. The summed E-state index contributed by atoms with van der Waals surface area (Å²) in [6.07, 6.45) is 3.43. The van der Waals surface area contributed by atoms with Gasteiger partial charge in [0, 0.05) is 28.7 Å². The second-order valence-electron chi connectivity index (χ2n) is 4.67. The summed E-state index contributed by atoms with van der Waals surface area (Å²) in [6.45, 7) is 8.66. The van der Waals surface area contributed by atoms with E-state index in [4.69, 9.17) is 11.6 Å². The van der Waals surface area contributed by atoms with Gasteiger partial charge in [-0.05, 0) is 36.8 Å². The van der Waals surface area contributed by atoms with Crippen LogP contribution in [-0.2, 0) is 13.0 Å². The molecule has 0 spiro atoms. The molecule has 0 radical (unpaired) electrons. The molecule has 1 rings (SSSR count). The Morgan fingerprint density at radius 3 is 2.29 bits per heavy atom. The number of alkyl halides is 1. The van der Waals surface area contributed by atoms with Crippen molar-refractivity contribution in [1.29, 1.82) is 0 Å². The van der Waals surface area contributed by atoms with E-state index >= 15 is 0 Å². The van der Waals surface area contributed by atoms with Crippen LogP contribution >= 0.6 is 22.9 Å². The number of aryl methyl sites for hydroxylation is 1. The molecule has 3 heteroatoms. The maximum Gasteiger partial charge on any atom is 0.0300 e. The lowest BCUT2D eigenvalue weighted by Gasteiger charge is -2.29. The minimum Gasteiger partial charge on any atom is -0.311 e. The summed E-state index contributed by atoms with van der Waals surface area (Å²) in [5.74, 6) is 0.748. The van der Waals surface area contributed by atoms with E-state index in [9.17, 15) is 0 Å². The summed E-state index contributed by atoms with van der Waals surface area (Å²) < 4.78 is 0. The molecule has 0 unspecified atom stereocenters. The van der Waals surface area contributed by atoms with Crippen molar-refractivity contribution in [3.63, 3.8) is 0 Å². The van der Waals surface area contributed by atoms with E-state index in [-0.39, 0.29) is 5.41 Å². The fourth-order valence-corrected chi connectivity index (χ4v) is 3.29. The van der Waals surface area contributed by atoms with E-state index in [0.717, 1.165) is 38.2 Å². The topological polar surface area (TPSA) is 12.0 Å². The zero-order valence-electron chi connectivity index (χ0n) is 11.2. The van der Waals surface area contributed by atoms with Gasteiger partial charge in [0.25, 0.3) is 0 Å². The van der Waals surface area contributed by atoms with Crippen molar-refractivity contribution < 1.29 is 0 Å². The monoisotopic (exact) mass is 273 g/mol. The zero-order valence-corrected chi connectivity index (χ0v) is 12.8. The number of rotatable bonds is 8. The van der Waals surface area contributed by atoms with Gasteiger partial charge in [-0.15, -0.1) is 22.9 Å². The smallest absolute Gasteiger partial charge is 0.0300 e. The van der Waals surface area contributed by atoms with Crippen molar-refractivity contribution >= 4 is 22.9 Å². The van der Waals surface area contributed by atoms with E-state index in [0.29, 0.717) is 0 Å². The molecule has 1 N–H and O–H groups in total. The van der Waals surface area contributed by atoms with Crippen LogP contribution in [0, 0.1) is 5.41 Å². The molecule has 0 amide bonds. The second-order valence-corrected chi connectivity index (χ2v) is 6.19. The average Bonchev–Trinajstić information content (AvgIpc) is 2.83. The van der Waals surface area contributed by atoms with E-state index in [1.165, 1.54) is 9.75 Å². The summed E-state index contributed by atoms with van der Waals surface area (Å²) in [7, 11) is 0. The van der Waals surface area contributed by atoms with Gasteiger partial charge in [0.2, 0.25) is 0 Å². The first-order valence-electron chi connectivity index (χ1n) is 6.54. The Kier molecular flexibility index (Phi) is 6.53. The van der Waals surface area contributed by atoms with Gasteiger partial charge in [-0.2, -0.15) is 0 Å². The van der Waals surface area contributed by atoms with Gasteiger partial charge >= 0.3 is 0 Å². The standard InChI is InChI=1S/C14H24ClNS/c1-4-12-7-8-13(17-12)9-16-11-14(5-2,6-3)10-15/h7-8,16H,4-6,9-11H2,1-3H3. The van der Waals surface area contributed by atoms with Crippen molar-refractivity contribution in [3.05, 3.63) is 21.9 Å². The van der Waals surface area contributed by atoms with Crippen molar-refractivity contribution in [3.8, 4) is 0 Å². The molecule has 0 saturated carbocycles. The fourth-order valence-electron chi connectivity index (χ4n) is 1.89. The van der Waals surface area contributed by atoms with Crippen LogP contribution in [0.5, 0.6) is 0 Å². The highest BCUT2D eigenvalue weighted by Crippen LogP contribution is 2.27. The molecule has 17 heavy (non-hydrogen) atoms. The van der Waals surface area contributed by atoms with Crippen molar-refractivity contribution in [1.82, 2.24) is 5.32 Å². The lowest BCUT2D eigenvalue weighted by molar-refractivity contribution is 0.286. The van der Waals surface area contributed by atoms with Crippen LogP contribution in [0.15, 0.2) is 12.1 Å². The molecule has 0 aliphatic heterocycles. The molecule has 0 atom stereocenters. The van der Waals surface area contributed by atoms with Crippen LogP contribution in [0.3, 0.4) is 0 Å². The number of halogens is 1. The Bertz CT molecular complexity index is 310. The van der Waals surface area contributed by atoms with Gasteiger partial charge in [-0.3, -0.25) is 0 Å². The van der Waals surface area contributed by atoms with Crippen molar-refractivity contribution in [2.24, 2.45) is 5.41 Å². The summed E-state index contributed by atoms with van der Waals surface area (Å²) in [5.41, 5.74) is 0.270. The number of hydrogen-bond acceptors (Lipinski definition) is 2. The average molecular weight is 274 g/mol. The third-order valence-electron chi connectivity index (χ3n) is 3.65. The predicted molar refractivity (Wildman–Crippen MR) is 79.1 cm³/mol. The maximum atomic E-state index is 6.10. The maximum absolute atomic E-state index is 6.10. The molecule has 0 aromatic carbocycles. The zero-order chi connectivity index (χ0) is 12.7. The largest absolute Gasteiger partial charge is 0.311 e.